The van der Waals surface area contributed by atoms with Crippen molar-refractivity contribution >= 4 is 5.97 Å². The maximum absolute atomic E-state index is 11.3. The van der Waals surface area contributed by atoms with E-state index in [9.17, 15) is 4.79 Å². The van der Waals surface area contributed by atoms with E-state index in [1.807, 2.05) is 6.92 Å². The number of nitrogens with zero attached hydrogens (tertiary/aromatic N) is 2. The molecule has 0 aromatic carbocycles. The molecule has 1 aromatic heterocycles. The Hall–Kier alpha value is -1.36. The second-order valence-electron chi connectivity index (χ2n) is 3.46. The second-order valence-corrected chi connectivity index (χ2v) is 3.46. The zero-order valence-corrected chi connectivity index (χ0v) is 9.01. The first-order valence-corrected chi connectivity index (χ1v) is 4.97. The third kappa shape index (κ3) is 3.36. The van der Waals surface area contributed by atoms with E-state index in [1.165, 1.54) is 6.20 Å². The first-order chi connectivity index (χ1) is 7.17. The van der Waals surface area contributed by atoms with Crippen LogP contribution in [0.3, 0.4) is 0 Å². The molecule has 0 aliphatic carbocycles. The van der Waals surface area contributed by atoms with Crippen LogP contribution in [0.2, 0.25) is 0 Å². The highest BCUT2D eigenvalue weighted by Crippen LogP contribution is 2.03. The Morgan fingerprint density at radius 3 is 3.07 bits per heavy atom. The van der Waals surface area contributed by atoms with Crippen LogP contribution in [0.15, 0.2) is 12.4 Å². The van der Waals surface area contributed by atoms with Crippen molar-refractivity contribution in [1.29, 1.82) is 0 Å². The number of aliphatic hydroxyl groups is 1. The maximum atomic E-state index is 11.3. The number of aromatic nitrogens is 2. The summed E-state index contributed by atoms with van der Waals surface area (Å²) in [5.74, 6) is -0.236. The lowest BCUT2D eigenvalue weighted by molar-refractivity contribution is 0.0526. The van der Waals surface area contributed by atoms with Crippen molar-refractivity contribution in [3.8, 4) is 0 Å². The fourth-order valence-corrected chi connectivity index (χ4v) is 1.16. The minimum atomic E-state index is -0.361. The van der Waals surface area contributed by atoms with E-state index in [4.69, 9.17) is 9.84 Å². The van der Waals surface area contributed by atoms with Crippen LogP contribution >= 0.6 is 0 Å². The highest BCUT2D eigenvalue weighted by molar-refractivity contribution is 5.88. The molecule has 0 fully saturated rings. The summed E-state index contributed by atoms with van der Waals surface area (Å²) in [6, 6.07) is 0. The number of carbonyl (C=O) groups is 1. The van der Waals surface area contributed by atoms with Gasteiger partial charge in [0, 0.05) is 19.3 Å². The largest absolute Gasteiger partial charge is 0.462 e. The Morgan fingerprint density at radius 1 is 1.73 bits per heavy atom. The molecule has 0 saturated carbocycles. The number of esters is 1. The molecule has 84 valence electrons. The predicted molar refractivity (Wildman–Crippen MR) is 54.4 cm³/mol. The van der Waals surface area contributed by atoms with Crippen molar-refractivity contribution < 1.29 is 14.6 Å². The molecule has 0 aliphatic rings. The molecule has 1 heterocycles. The van der Waals surface area contributed by atoms with Crippen molar-refractivity contribution in [3.63, 3.8) is 0 Å². The third-order valence-corrected chi connectivity index (χ3v) is 1.95. The maximum Gasteiger partial charge on any atom is 0.341 e. The molecular formula is C10H16N2O3. The summed E-state index contributed by atoms with van der Waals surface area (Å²) < 4.78 is 6.46. The number of carbonyl (C=O) groups excluding carboxylic acids is 1. The van der Waals surface area contributed by atoms with Gasteiger partial charge in [-0.3, -0.25) is 4.68 Å². The molecular weight excluding hydrogens is 196 g/mol. The molecule has 1 atom stereocenters. The lowest BCUT2D eigenvalue weighted by atomic mass is 10.2. The van der Waals surface area contributed by atoms with Crippen molar-refractivity contribution in [3.05, 3.63) is 18.0 Å². The highest BCUT2D eigenvalue weighted by Gasteiger charge is 2.10. The van der Waals surface area contributed by atoms with E-state index in [0.717, 1.165) is 0 Å². The fourth-order valence-electron chi connectivity index (χ4n) is 1.16. The van der Waals surface area contributed by atoms with Gasteiger partial charge in [-0.25, -0.2) is 4.79 Å². The van der Waals surface area contributed by atoms with Gasteiger partial charge >= 0.3 is 5.97 Å². The Bertz CT molecular complexity index is 322. The Kier molecular flexibility index (Phi) is 4.30. The third-order valence-electron chi connectivity index (χ3n) is 1.95. The van der Waals surface area contributed by atoms with E-state index >= 15 is 0 Å². The van der Waals surface area contributed by atoms with Crippen molar-refractivity contribution in [2.45, 2.75) is 20.4 Å². The van der Waals surface area contributed by atoms with Crippen LogP contribution in [0.1, 0.15) is 24.2 Å². The van der Waals surface area contributed by atoms with E-state index in [2.05, 4.69) is 5.10 Å². The summed E-state index contributed by atoms with van der Waals surface area (Å²) >= 11 is 0. The summed E-state index contributed by atoms with van der Waals surface area (Å²) in [6.45, 7) is 4.73. The Balaban J connectivity index is 2.59. The molecule has 1 rings (SSSR count). The van der Waals surface area contributed by atoms with Gasteiger partial charge in [-0.2, -0.15) is 5.10 Å². The number of rotatable bonds is 5. The standard InChI is InChI=1S/C10H16N2O3/c1-3-15-10(14)9-4-11-12(6-9)5-8(2)7-13/h4,6,8,13H,3,5,7H2,1-2H3. The smallest absolute Gasteiger partial charge is 0.341 e. The Morgan fingerprint density at radius 2 is 2.47 bits per heavy atom. The summed E-state index contributed by atoms with van der Waals surface area (Å²) in [7, 11) is 0. The molecule has 5 heteroatoms. The summed E-state index contributed by atoms with van der Waals surface area (Å²) in [5, 5.41) is 12.9. The average molecular weight is 212 g/mol. The van der Waals surface area contributed by atoms with Crippen molar-refractivity contribution in [1.82, 2.24) is 9.78 Å². The number of ether oxygens (including phenoxy) is 1. The van der Waals surface area contributed by atoms with Crippen LogP contribution in [0.4, 0.5) is 0 Å². The monoisotopic (exact) mass is 212 g/mol. The molecule has 0 amide bonds. The molecule has 1 unspecified atom stereocenters. The van der Waals surface area contributed by atoms with Crippen LogP contribution in [-0.2, 0) is 11.3 Å². The SMILES string of the molecule is CCOC(=O)c1cnn(CC(C)CO)c1. The zero-order valence-electron chi connectivity index (χ0n) is 9.01. The zero-order chi connectivity index (χ0) is 11.3. The van der Waals surface area contributed by atoms with Crippen LogP contribution < -0.4 is 0 Å². The number of hydrogen-bond donors (Lipinski definition) is 1. The van der Waals surface area contributed by atoms with E-state index in [-0.39, 0.29) is 18.5 Å². The molecule has 0 bridgehead atoms. The minimum absolute atomic E-state index is 0.106. The molecule has 0 saturated heterocycles. The van der Waals surface area contributed by atoms with Gasteiger partial charge in [0.25, 0.3) is 0 Å². The van der Waals surface area contributed by atoms with Gasteiger partial charge in [0.1, 0.15) is 0 Å². The van der Waals surface area contributed by atoms with Gasteiger partial charge in [0.05, 0.1) is 18.4 Å². The van der Waals surface area contributed by atoms with Gasteiger partial charge in [0.15, 0.2) is 0 Å². The van der Waals surface area contributed by atoms with Gasteiger partial charge in [-0.15, -0.1) is 0 Å². The van der Waals surface area contributed by atoms with Crippen molar-refractivity contribution in [2.75, 3.05) is 13.2 Å². The number of hydrogen-bond acceptors (Lipinski definition) is 4. The predicted octanol–water partition coefficient (Wildman–Crippen LogP) is 0.688. The highest BCUT2D eigenvalue weighted by atomic mass is 16.5. The molecule has 5 nitrogen and oxygen atoms in total. The molecule has 15 heavy (non-hydrogen) atoms. The van der Waals surface area contributed by atoms with Crippen LogP contribution in [-0.4, -0.2) is 34.1 Å². The van der Waals surface area contributed by atoms with E-state index in [0.29, 0.717) is 18.7 Å². The normalized spacial score (nSPS) is 12.5. The first kappa shape index (κ1) is 11.7. The van der Waals surface area contributed by atoms with Crippen molar-refractivity contribution in [2.24, 2.45) is 5.92 Å². The average Bonchev–Trinajstić information content (AvgIpc) is 2.66. The van der Waals surface area contributed by atoms with Crippen LogP contribution in [0, 0.1) is 5.92 Å². The van der Waals surface area contributed by atoms with Gasteiger partial charge in [-0.05, 0) is 12.8 Å². The fraction of sp³-hybridized carbons (Fsp3) is 0.600. The van der Waals surface area contributed by atoms with Crippen LogP contribution in [0.25, 0.3) is 0 Å². The Labute approximate surface area is 88.7 Å². The van der Waals surface area contributed by atoms with E-state index < -0.39 is 0 Å². The first-order valence-electron chi connectivity index (χ1n) is 4.97. The molecule has 0 aliphatic heterocycles. The number of aliphatic hydroxyl groups excluding tert-OH is 1. The minimum Gasteiger partial charge on any atom is -0.462 e. The molecule has 0 spiro atoms. The lowest BCUT2D eigenvalue weighted by Gasteiger charge is -2.06. The molecule has 0 radical (unpaired) electrons. The molecule has 1 aromatic rings. The lowest BCUT2D eigenvalue weighted by Crippen LogP contribution is -2.11. The van der Waals surface area contributed by atoms with Gasteiger partial charge in [-0.1, -0.05) is 6.92 Å². The topological polar surface area (TPSA) is 64.3 Å². The van der Waals surface area contributed by atoms with E-state index in [1.54, 1.807) is 17.8 Å². The summed E-state index contributed by atoms with van der Waals surface area (Å²) in [5.41, 5.74) is 0.446. The molecule has 1 N–H and O–H groups in total. The second kappa shape index (κ2) is 5.50. The summed E-state index contributed by atoms with van der Waals surface area (Å²) in [6.07, 6.45) is 3.10. The van der Waals surface area contributed by atoms with Crippen LogP contribution in [0.5, 0.6) is 0 Å². The quantitative estimate of drug-likeness (QED) is 0.729. The summed E-state index contributed by atoms with van der Waals surface area (Å²) in [4.78, 5) is 11.3. The van der Waals surface area contributed by atoms with Gasteiger partial charge in [0.2, 0.25) is 0 Å². The van der Waals surface area contributed by atoms with Gasteiger partial charge < -0.3 is 9.84 Å².